The third-order valence-electron chi connectivity index (χ3n) is 4.48. The van der Waals surface area contributed by atoms with Gasteiger partial charge >= 0.3 is 0 Å². The van der Waals surface area contributed by atoms with Gasteiger partial charge in [0.25, 0.3) is 0 Å². The van der Waals surface area contributed by atoms with Crippen molar-refractivity contribution in [3.63, 3.8) is 0 Å². The van der Waals surface area contributed by atoms with Crippen molar-refractivity contribution in [3.05, 3.63) is 36.4 Å². The molecule has 0 bridgehead atoms. The maximum atomic E-state index is 10.6. The highest BCUT2D eigenvalue weighted by atomic mass is 16.3. The van der Waals surface area contributed by atoms with E-state index in [1.54, 1.807) is 0 Å². The summed E-state index contributed by atoms with van der Waals surface area (Å²) in [4.78, 5) is 4.68. The average molecular weight is 303 g/mol. The van der Waals surface area contributed by atoms with Crippen molar-refractivity contribution in [1.82, 2.24) is 10.2 Å². The van der Waals surface area contributed by atoms with E-state index < -0.39 is 0 Å². The van der Waals surface area contributed by atoms with Crippen LogP contribution in [0.4, 0.5) is 5.69 Å². The largest absolute Gasteiger partial charge is 0.508 e. The first kappa shape index (κ1) is 16.8. The fraction of sp³-hybridized carbons (Fsp3) is 0.556. The van der Waals surface area contributed by atoms with E-state index in [-0.39, 0.29) is 6.04 Å². The number of phenolic OH excluding ortho intramolecular Hbond substituents is 1. The van der Waals surface area contributed by atoms with E-state index in [2.05, 4.69) is 47.7 Å². The summed E-state index contributed by atoms with van der Waals surface area (Å²) in [6, 6.07) is 6.32. The van der Waals surface area contributed by atoms with Crippen LogP contribution in [0.25, 0.3) is 0 Å². The van der Waals surface area contributed by atoms with E-state index in [0.717, 1.165) is 56.9 Å². The molecular weight excluding hydrogens is 274 g/mol. The van der Waals surface area contributed by atoms with Crippen molar-refractivity contribution in [3.8, 4) is 5.75 Å². The zero-order valence-corrected chi connectivity index (χ0v) is 13.9. The topological polar surface area (TPSA) is 38.7 Å². The molecule has 0 radical (unpaired) electrons. The van der Waals surface area contributed by atoms with Crippen molar-refractivity contribution in [2.24, 2.45) is 0 Å². The molecule has 1 fully saturated rings. The zero-order valence-electron chi connectivity index (χ0n) is 13.9. The van der Waals surface area contributed by atoms with Crippen LogP contribution >= 0.6 is 0 Å². The molecule has 0 amide bonds. The second-order valence-corrected chi connectivity index (χ2v) is 5.74. The van der Waals surface area contributed by atoms with Crippen LogP contribution < -0.4 is 10.2 Å². The Morgan fingerprint density at radius 1 is 1.32 bits per heavy atom. The monoisotopic (exact) mass is 303 g/mol. The molecule has 1 aliphatic rings. The molecule has 1 saturated heterocycles. The Hall–Kier alpha value is -1.52. The van der Waals surface area contributed by atoms with Crippen LogP contribution in [-0.2, 0) is 0 Å². The van der Waals surface area contributed by atoms with Crippen LogP contribution in [0.2, 0.25) is 0 Å². The molecule has 0 aromatic heterocycles. The summed E-state index contributed by atoms with van der Waals surface area (Å²) in [6.45, 7) is 14.1. The van der Waals surface area contributed by atoms with Crippen LogP contribution in [0.1, 0.15) is 31.9 Å². The van der Waals surface area contributed by atoms with Gasteiger partial charge in [-0.25, -0.2) is 0 Å². The second-order valence-electron chi connectivity index (χ2n) is 5.74. The Kier molecular flexibility index (Phi) is 6.28. The van der Waals surface area contributed by atoms with Gasteiger partial charge in [-0.05, 0) is 26.3 Å². The molecule has 0 unspecified atom stereocenters. The number of anilines is 1. The molecule has 1 atom stereocenters. The second kappa shape index (κ2) is 8.20. The lowest BCUT2D eigenvalue weighted by Crippen LogP contribution is -2.45. The van der Waals surface area contributed by atoms with Gasteiger partial charge in [-0.3, -0.25) is 4.90 Å². The molecule has 1 aromatic rings. The maximum Gasteiger partial charge on any atom is 0.122 e. The zero-order chi connectivity index (χ0) is 15.9. The predicted octanol–water partition coefficient (Wildman–Crippen LogP) is 2.76. The Bertz CT molecular complexity index is 479. The van der Waals surface area contributed by atoms with Crippen LogP contribution in [0.5, 0.6) is 5.75 Å². The Labute approximate surface area is 134 Å². The first-order valence-electron chi connectivity index (χ1n) is 8.34. The standard InChI is InChI=1S/C18H29N3O/c1-4-7-17(21-12-10-19-11-13-21)16-9-8-15(14-18(16)22)20(5-2)6-3/h4,8-9,14,17,19,22H,1,5-7,10-13H2,2-3H3/t17-/m0/s1. The van der Waals surface area contributed by atoms with Crippen molar-refractivity contribution in [1.29, 1.82) is 0 Å². The molecule has 0 spiro atoms. The minimum atomic E-state index is 0.213. The van der Waals surface area contributed by atoms with Gasteiger partial charge in [0.1, 0.15) is 5.75 Å². The van der Waals surface area contributed by atoms with E-state index in [0.29, 0.717) is 5.75 Å². The van der Waals surface area contributed by atoms with Gasteiger partial charge in [0.2, 0.25) is 0 Å². The first-order valence-corrected chi connectivity index (χ1v) is 8.34. The fourth-order valence-electron chi connectivity index (χ4n) is 3.22. The summed E-state index contributed by atoms with van der Waals surface area (Å²) in [7, 11) is 0. The maximum absolute atomic E-state index is 10.6. The van der Waals surface area contributed by atoms with E-state index in [4.69, 9.17) is 0 Å². The summed E-state index contributed by atoms with van der Waals surface area (Å²) in [5.41, 5.74) is 2.10. The third-order valence-corrected chi connectivity index (χ3v) is 4.48. The average Bonchev–Trinajstić information content (AvgIpc) is 2.55. The molecule has 0 aliphatic carbocycles. The molecule has 4 heteroatoms. The quantitative estimate of drug-likeness (QED) is 0.760. The number of nitrogens with one attached hydrogen (secondary N) is 1. The smallest absolute Gasteiger partial charge is 0.122 e. The summed E-state index contributed by atoms with van der Waals surface area (Å²) in [6.07, 6.45) is 2.81. The number of benzene rings is 1. The molecule has 1 aliphatic heterocycles. The highest BCUT2D eigenvalue weighted by Gasteiger charge is 2.23. The van der Waals surface area contributed by atoms with Gasteiger partial charge in [-0.15, -0.1) is 6.58 Å². The summed E-state index contributed by atoms with van der Waals surface area (Å²) < 4.78 is 0. The Balaban J connectivity index is 2.25. The number of phenols is 1. The van der Waals surface area contributed by atoms with Gasteiger partial charge < -0.3 is 15.3 Å². The van der Waals surface area contributed by atoms with E-state index in [1.807, 2.05) is 12.1 Å². The van der Waals surface area contributed by atoms with Crippen LogP contribution in [0.3, 0.4) is 0 Å². The highest BCUT2D eigenvalue weighted by molar-refractivity contribution is 5.54. The number of rotatable bonds is 7. The molecule has 22 heavy (non-hydrogen) atoms. The number of aromatic hydroxyl groups is 1. The lowest BCUT2D eigenvalue weighted by atomic mass is 9.99. The summed E-state index contributed by atoms with van der Waals surface area (Å²) >= 11 is 0. The lowest BCUT2D eigenvalue weighted by molar-refractivity contribution is 0.172. The molecule has 2 N–H and O–H groups in total. The predicted molar refractivity (Wildman–Crippen MR) is 93.7 cm³/mol. The molecule has 1 aromatic carbocycles. The first-order chi connectivity index (χ1) is 10.7. The van der Waals surface area contributed by atoms with Crippen molar-refractivity contribution in [2.45, 2.75) is 26.3 Å². The normalized spacial score (nSPS) is 17.2. The van der Waals surface area contributed by atoms with E-state index >= 15 is 0 Å². The SMILES string of the molecule is C=CC[C@@H](c1ccc(N(CC)CC)cc1O)N1CCNCC1. The van der Waals surface area contributed by atoms with Crippen LogP contribution in [0, 0.1) is 0 Å². The molecule has 2 rings (SSSR count). The molecule has 0 saturated carbocycles. The molecule has 1 heterocycles. The van der Waals surface area contributed by atoms with Crippen molar-refractivity contribution >= 4 is 5.69 Å². The van der Waals surface area contributed by atoms with Gasteiger partial charge in [0, 0.05) is 62.6 Å². The minimum Gasteiger partial charge on any atom is -0.508 e. The fourth-order valence-corrected chi connectivity index (χ4v) is 3.22. The molecule has 122 valence electrons. The third kappa shape index (κ3) is 3.81. The summed E-state index contributed by atoms with van der Waals surface area (Å²) in [5, 5.41) is 13.9. The van der Waals surface area contributed by atoms with Gasteiger partial charge in [0.15, 0.2) is 0 Å². The summed E-state index contributed by atoms with van der Waals surface area (Å²) in [5.74, 6) is 0.398. The molecule has 4 nitrogen and oxygen atoms in total. The lowest BCUT2D eigenvalue weighted by Gasteiger charge is -2.35. The van der Waals surface area contributed by atoms with Crippen LogP contribution in [0.15, 0.2) is 30.9 Å². The number of nitrogens with zero attached hydrogens (tertiary/aromatic N) is 2. The number of piperazine rings is 1. The van der Waals surface area contributed by atoms with Crippen molar-refractivity contribution in [2.75, 3.05) is 44.2 Å². The van der Waals surface area contributed by atoms with E-state index in [1.165, 1.54) is 0 Å². The van der Waals surface area contributed by atoms with Crippen LogP contribution in [-0.4, -0.2) is 49.3 Å². The highest BCUT2D eigenvalue weighted by Crippen LogP contribution is 2.34. The Morgan fingerprint density at radius 2 is 2.00 bits per heavy atom. The van der Waals surface area contributed by atoms with Crippen molar-refractivity contribution < 1.29 is 5.11 Å². The Morgan fingerprint density at radius 3 is 2.55 bits per heavy atom. The van der Waals surface area contributed by atoms with Gasteiger partial charge in [0.05, 0.1) is 0 Å². The molecular formula is C18H29N3O. The number of hydrogen-bond donors (Lipinski definition) is 2. The van der Waals surface area contributed by atoms with Gasteiger partial charge in [-0.2, -0.15) is 0 Å². The van der Waals surface area contributed by atoms with E-state index in [9.17, 15) is 5.11 Å². The minimum absolute atomic E-state index is 0.213. The number of hydrogen-bond acceptors (Lipinski definition) is 4. The van der Waals surface area contributed by atoms with Gasteiger partial charge in [-0.1, -0.05) is 12.1 Å².